The average Bonchev–Trinajstić information content (AvgIpc) is 3.21. The molecule has 4 heteroatoms. The fourth-order valence-corrected chi connectivity index (χ4v) is 2.98. The van der Waals surface area contributed by atoms with Crippen molar-refractivity contribution in [3.63, 3.8) is 0 Å². The Balaban J connectivity index is 2.05. The summed E-state index contributed by atoms with van der Waals surface area (Å²) in [6.07, 6.45) is 3.36. The van der Waals surface area contributed by atoms with Crippen LogP contribution in [0.5, 0.6) is 0 Å². The summed E-state index contributed by atoms with van der Waals surface area (Å²) in [6.45, 7) is 5.71. The van der Waals surface area contributed by atoms with Crippen molar-refractivity contribution < 1.29 is 0 Å². The van der Waals surface area contributed by atoms with E-state index in [9.17, 15) is 4.79 Å². The zero-order chi connectivity index (χ0) is 13.4. The third kappa shape index (κ3) is 2.47. The lowest BCUT2D eigenvalue weighted by molar-refractivity contribution is 0.303. The van der Waals surface area contributed by atoms with E-state index in [2.05, 4.69) is 34.8 Å². The monoisotopic (exact) mass is 261 g/mol. The minimum absolute atomic E-state index is 0.242. The maximum Gasteiger partial charge on any atom is 0.255 e. The molecule has 0 atom stereocenters. The summed E-state index contributed by atoms with van der Waals surface area (Å²) in [7, 11) is 2.15. The minimum atomic E-state index is 0.242. The Labute approximate surface area is 114 Å². The van der Waals surface area contributed by atoms with Gasteiger partial charge in [-0.15, -0.1) is 0 Å². The van der Waals surface area contributed by atoms with Gasteiger partial charge >= 0.3 is 0 Å². The van der Waals surface area contributed by atoms with Crippen LogP contribution in [0, 0.1) is 0 Å². The summed E-state index contributed by atoms with van der Waals surface area (Å²) in [5, 5.41) is 3.28. The van der Waals surface area contributed by atoms with Crippen LogP contribution in [0.2, 0.25) is 0 Å². The normalized spacial score (nSPS) is 19.5. The Morgan fingerprint density at radius 1 is 1.42 bits per heavy atom. The molecule has 1 saturated carbocycles. The number of rotatable bonds is 4. The number of pyridine rings is 1. The van der Waals surface area contributed by atoms with Crippen molar-refractivity contribution in [2.75, 3.05) is 20.1 Å². The standard InChI is InChI=1S/C15H23N3O/c1-3-16-9-11-8-12-10-17(2)7-6-14(12)18(15(11)19)13-4-5-13/h8,13,16H,3-7,9-10H2,1-2H3. The van der Waals surface area contributed by atoms with Gasteiger partial charge in [-0.3, -0.25) is 4.79 Å². The molecule has 104 valence electrons. The van der Waals surface area contributed by atoms with E-state index in [1.807, 2.05) is 0 Å². The summed E-state index contributed by atoms with van der Waals surface area (Å²) in [6, 6.07) is 2.61. The van der Waals surface area contributed by atoms with Gasteiger partial charge in [-0.2, -0.15) is 0 Å². The highest BCUT2D eigenvalue weighted by Gasteiger charge is 2.30. The minimum Gasteiger partial charge on any atom is -0.313 e. The van der Waals surface area contributed by atoms with Gasteiger partial charge in [0.05, 0.1) is 0 Å². The van der Waals surface area contributed by atoms with Crippen molar-refractivity contribution in [1.82, 2.24) is 14.8 Å². The van der Waals surface area contributed by atoms with Crippen molar-refractivity contribution in [2.45, 2.75) is 45.3 Å². The van der Waals surface area contributed by atoms with Gasteiger partial charge in [-0.1, -0.05) is 6.92 Å². The lowest BCUT2D eigenvalue weighted by atomic mass is 10.0. The van der Waals surface area contributed by atoms with Gasteiger partial charge < -0.3 is 14.8 Å². The van der Waals surface area contributed by atoms with Crippen LogP contribution in [0.15, 0.2) is 10.9 Å². The maximum absolute atomic E-state index is 12.6. The van der Waals surface area contributed by atoms with E-state index in [-0.39, 0.29) is 5.56 Å². The van der Waals surface area contributed by atoms with E-state index in [1.165, 1.54) is 24.1 Å². The molecular formula is C15H23N3O. The molecule has 0 saturated heterocycles. The number of aromatic nitrogens is 1. The van der Waals surface area contributed by atoms with Gasteiger partial charge in [0, 0.05) is 43.4 Å². The molecular weight excluding hydrogens is 238 g/mol. The molecule has 1 aliphatic heterocycles. The second-order valence-electron chi connectivity index (χ2n) is 5.82. The van der Waals surface area contributed by atoms with E-state index >= 15 is 0 Å². The van der Waals surface area contributed by atoms with E-state index in [0.29, 0.717) is 12.6 Å². The average molecular weight is 261 g/mol. The number of hydrogen-bond acceptors (Lipinski definition) is 3. The van der Waals surface area contributed by atoms with Gasteiger partial charge in [-0.25, -0.2) is 0 Å². The summed E-state index contributed by atoms with van der Waals surface area (Å²) < 4.78 is 2.11. The van der Waals surface area contributed by atoms with Crippen molar-refractivity contribution in [1.29, 1.82) is 0 Å². The van der Waals surface area contributed by atoms with Crippen LogP contribution in [-0.4, -0.2) is 29.6 Å². The van der Waals surface area contributed by atoms with Gasteiger partial charge in [0.25, 0.3) is 5.56 Å². The molecule has 3 rings (SSSR count). The van der Waals surface area contributed by atoms with E-state index < -0.39 is 0 Å². The maximum atomic E-state index is 12.6. The predicted molar refractivity (Wildman–Crippen MR) is 76.4 cm³/mol. The summed E-state index contributed by atoms with van der Waals surface area (Å²) in [5.41, 5.74) is 3.83. The van der Waals surface area contributed by atoms with Crippen LogP contribution < -0.4 is 10.9 Å². The molecule has 0 aromatic carbocycles. The van der Waals surface area contributed by atoms with Crippen LogP contribution >= 0.6 is 0 Å². The smallest absolute Gasteiger partial charge is 0.255 e. The Hall–Kier alpha value is -1.13. The molecule has 0 bridgehead atoms. The van der Waals surface area contributed by atoms with E-state index in [1.54, 1.807) is 0 Å². The predicted octanol–water partition coefficient (Wildman–Crippen LogP) is 1.28. The molecule has 0 amide bonds. The molecule has 1 fully saturated rings. The van der Waals surface area contributed by atoms with Crippen LogP contribution in [0.3, 0.4) is 0 Å². The fourth-order valence-electron chi connectivity index (χ4n) is 2.98. The fraction of sp³-hybridized carbons (Fsp3) is 0.667. The summed E-state index contributed by atoms with van der Waals surface area (Å²) >= 11 is 0. The Kier molecular flexibility index (Phi) is 3.46. The highest BCUT2D eigenvalue weighted by molar-refractivity contribution is 5.30. The first kappa shape index (κ1) is 12.9. The zero-order valence-corrected chi connectivity index (χ0v) is 11.9. The Bertz CT molecular complexity index is 531. The van der Waals surface area contributed by atoms with Crippen molar-refractivity contribution in [3.8, 4) is 0 Å². The molecule has 0 spiro atoms. The highest BCUT2D eigenvalue weighted by atomic mass is 16.1. The summed E-state index contributed by atoms with van der Waals surface area (Å²) in [4.78, 5) is 15.0. The largest absolute Gasteiger partial charge is 0.313 e. The first-order valence-corrected chi connectivity index (χ1v) is 7.36. The quantitative estimate of drug-likeness (QED) is 0.887. The lowest BCUT2D eigenvalue weighted by Gasteiger charge is -2.28. The van der Waals surface area contributed by atoms with Crippen LogP contribution in [0.25, 0.3) is 0 Å². The van der Waals surface area contributed by atoms with Crippen LogP contribution in [0.4, 0.5) is 0 Å². The lowest BCUT2D eigenvalue weighted by Crippen LogP contribution is -2.36. The second-order valence-corrected chi connectivity index (χ2v) is 5.82. The van der Waals surface area contributed by atoms with Crippen LogP contribution in [-0.2, 0) is 19.5 Å². The number of fused-ring (bicyclic) bond motifs is 1. The number of nitrogens with zero attached hydrogens (tertiary/aromatic N) is 2. The molecule has 4 nitrogen and oxygen atoms in total. The highest BCUT2D eigenvalue weighted by Crippen LogP contribution is 2.36. The second kappa shape index (κ2) is 5.10. The Morgan fingerprint density at radius 2 is 2.21 bits per heavy atom. The first-order chi connectivity index (χ1) is 9.20. The molecule has 0 radical (unpaired) electrons. The van der Waals surface area contributed by atoms with Gasteiger partial charge in [-0.05, 0) is 38.1 Å². The molecule has 2 heterocycles. The molecule has 1 aromatic heterocycles. The van der Waals surface area contributed by atoms with Crippen molar-refractivity contribution >= 4 is 0 Å². The van der Waals surface area contributed by atoms with Crippen molar-refractivity contribution in [2.24, 2.45) is 0 Å². The molecule has 1 aromatic rings. The van der Waals surface area contributed by atoms with Gasteiger partial charge in [0.15, 0.2) is 0 Å². The topological polar surface area (TPSA) is 37.3 Å². The van der Waals surface area contributed by atoms with E-state index in [4.69, 9.17) is 0 Å². The van der Waals surface area contributed by atoms with E-state index in [0.717, 1.165) is 31.6 Å². The summed E-state index contributed by atoms with van der Waals surface area (Å²) in [5.74, 6) is 0. The Morgan fingerprint density at radius 3 is 2.89 bits per heavy atom. The van der Waals surface area contributed by atoms with Gasteiger partial charge in [0.2, 0.25) is 0 Å². The molecule has 2 aliphatic rings. The molecule has 1 aliphatic carbocycles. The zero-order valence-electron chi connectivity index (χ0n) is 11.9. The molecule has 0 unspecified atom stereocenters. The SMILES string of the molecule is CCNCc1cc2c(n(C3CC3)c1=O)CCN(C)C2. The molecule has 19 heavy (non-hydrogen) atoms. The first-order valence-electron chi connectivity index (χ1n) is 7.36. The van der Waals surface area contributed by atoms with Gasteiger partial charge in [0.1, 0.15) is 0 Å². The molecule has 1 N–H and O–H groups in total. The number of nitrogens with one attached hydrogen (secondary N) is 1. The van der Waals surface area contributed by atoms with Crippen molar-refractivity contribution in [3.05, 3.63) is 33.2 Å². The number of likely N-dealkylation sites (N-methyl/N-ethyl adjacent to an activating group) is 1. The van der Waals surface area contributed by atoms with Crippen LogP contribution in [0.1, 0.15) is 42.6 Å². The third-order valence-electron chi connectivity index (χ3n) is 4.15. The third-order valence-corrected chi connectivity index (χ3v) is 4.15. The number of hydrogen-bond donors (Lipinski definition) is 1.